The van der Waals surface area contributed by atoms with E-state index in [0.717, 1.165) is 25.8 Å². The van der Waals surface area contributed by atoms with Crippen molar-refractivity contribution < 1.29 is 4.79 Å². The van der Waals surface area contributed by atoms with Gasteiger partial charge in [0.15, 0.2) is 0 Å². The standard InChI is InChI=1S/C15H22ClN3O/c1-10(2)6-7-19(12-4-5-12)15(20)11-8-13(16)14(17-3)18-9-11/h8-10,12H,4-7H2,1-3H3,(H,17,18). The summed E-state index contributed by atoms with van der Waals surface area (Å²) in [6, 6.07) is 2.11. The van der Waals surface area contributed by atoms with E-state index in [-0.39, 0.29) is 5.91 Å². The van der Waals surface area contributed by atoms with Gasteiger partial charge in [-0.2, -0.15) is 0 Å². The molecule has 0 spiro atoms. The second kappa shape index (κ2) is 6.44. The maximum absolute atomic E-state index is 12.6. The summed E-state index contributed by atoms with van der Waals surface area (Å²) in [5, 5.41) is 3.38. The fraction of sp³-hybridized carbons (Fsp3) is 0.600. The number of pyridine rings is 1. The minimum Gasteiger partial charge on any atom is -0.372 e. The van der Waals surface area contributed by atoms with E-state index in [0.29, 0.717) is 28.4 Å². The summed E-state index contributed by atoms with van der Waals surface area (Å²) in [5.74, 6) is 1.24. The van der Waals surface area contributed by atoms with Crippen molar-refractivity contribution in [2.24, 2.45) is 5.92 Å². The lowest BCUT2D eigenvalue weighted by Gasteiger charge is -2.23. The zero-order valence-corrected chi connectivity index (χ0v) is 13.1. The maximum atomic E-state index is 12.6. The van der Waals surface area contributed by atoms with Crippen LogP contribution in [0.5, 0.6) is 0 Å². The van der Waals surface area contributed by atoms with Crippen molar-refractivity contribution in [1.29, 1.82) is 0 Å². The highest BCUT2D eigenvalue weighted by atomic mass is 35.5. The minimum absolute atomic E-state index is 0.0465. The van der Waals surface area contributed by atoms with Gasteiger partial charge in [0.1, 0.15) is 5.82 Å². The molecule has 0 radical (unpaired) electrons. The minimum atomic E-state index is 0.0465. The van der Waals surface area contributed by atoms with E-state index in [2.05, 4.69) is 24.1 Å². The number of halogens is 1. The van der Waals surface area contributed by atoms with Crippen LogP contribution in [0.4, 0.5) is 5.82 Å². The molecule has 1 N–H and O–H groups in total. The molecule has 0 saturated heterocycles. The van der Waals surface area contributed by atoms with E-state index in [4.69, 9.17) is 11.6 Å². The number of amides is 1. The van der Waals surface area contributed by atoms with Gasteiger partial charge in [0.05, 0.1) is 10.6 Å². The smallest absolute Gasteiger partial charge is 0.255 e. The summed E-state index contributed by atoms with van der Waals surface area (Å²) in [6.45, 7) is 5.16. The molecule has 20 heavy (non-hydrogen) atoms. The van der Waals surface area contributed by atoms with Gasteiger partial charge in [-0.1, -0.05) is 25.4 Å². The highest BCUT2D eigenvalue weighted by Gasteiger charge is 2.33. The Bertz CT molecular complexity index is 486. The topological polar surface area (TPSA) is 45.2 Å². The first-order chi connectivity index (χ1) is 9.52. The lowest BCUT2D eigenvalue weighted by Crippen LogP contribution is -2.34. The number of rotatable bonds is 6. The highest BCUT2D eigenvalue weighted by Crippen LogP contribution is 2.29. The molecular weight excluding hydrogens is 274 g/mol. The van der Waals surface area contributed by atoms with E-state index >= 15 is 0 Å². The van der Waals surface area contributed by atoms with Crippen molar-refractivity contribution in [2.45, 2.75) is 39.2 Å². The van der Waals surface area contributed by atoms with E-state index in [1.165, 1.54) is 0 Å². The molecule has 1 amide bonds. The Labute approximate surface area is 125 Å². The fourth-order valence-electron chi connectivity index (χ4n) is 2.14. The van der Waals surface area contributed by atoms with E-state index in [9.17, 15) is 4.79 Å². The molecule has 5 heteroatoms. The fourth-order valence-corrected chi connectivity index (χ4v) is 2.40. The number of anilines is 1. The number of carbonyl (C=O) groups is 1. The molecule has 1 aliphatic carbocycles. The van der Waals surface area contributed by atoms with Crippen molar-refractivity contribution in [3.63, 3.8) is 0 Å². The predicted octanol–water partition coefficient (Wildman–Crippen LogP) is 3.43. The molecule has 0 aromatic carbocycles. The number of hydrogen-bond donors (Lipinski definition) is 1. The molecule has 1 aromatic heterocycles. The van der Waals surface area contributed by atoms with Crippen LogP contribution < -0.4 is 5.32 Å². The van der Waals surface area contributed by atoms with Crippen LogP contribution in [-0.4, -0.2) is 35.4 Å². The van der Waals surface area contributed by atoms with Crippen LogP contribution in [0.1, 0.15) is 43.5 Å². The van der Waals surface area contributed by atoms with Gasteiger partial charge in [0.25, 0.3) is 5.91 Å². The zero-order chi connectivity index (χ0) is 14.7. The lowest BCUT2D eigenvalue weighted by atomic mass is 10.1. The van der Waals surface area contributed by atoms with Crippen molar-refractivity contribution in [3.05, 3.63) is 22.8 Å². The van der Waals surface area contributed by atoms with Crippen LogP contribution in [0.15, 0.2) is 12.3 Å². The normalized spacial score (nSPS) is 14.4. The first kappa shape index (κ1) is 15.1. The number of nitrogens with one attached hydrogen (secondary N) is 1. The van der Waals surface area contributed by atoms with Crippen LogP contribution in [0.3, 0.4) is 0 Å². The molecule has 0 aliphatic heterocycles. The second-order valence-electron chi connectivity index (χ2n) is 5.72. The SMILES string of the molecule is CNc1ncc(C(=O)N(CCC(C)C)C2CC2)cc1Cl. The molecular formula is C15H22ClN3O. The number of carbonyl (C=O) groups excluding carboxylic acids is 1. The highest BCUT2D eigenvalue weighted by molar-refractivity contribution is 6.33. The van der Waals surface area contributed by atoms with Gasteiger partial charge in [-0.15, -0.1) is 0 Å². The predicted molar refractivity (Wildman–Crippen MR) is 82.3 cm³/mol. The van der Waals surface area contributed by atoms with Gasteiger partial charge in [0, 0.05) is 25.8 Å². The van der Waals surface area contributed by atoms with Crippen LogP contribution in [-0.2, 0) is 0 Å². The quantitative estimate of drug-likeness (QED) is 0.874. The zero-order valence-electron chi connectivity index (χ0n) is 12.3. The van der Waals surface area contributed by atoms with Crippen LogP contribution in [0, 0.1) is 5.92 Å². The Kier molecular flexibility index (Phi) is 4.86. The Balaban J connectivity index is 2.12. The second-order valence-corrected chi connectivity index (χ2v) is 6.12. The van der Waals surface area contributed by atoms with Crippen LogP contribution >= 0.6 is 11.6 Å². The summed E-state index contributed by atoms with van der Waals surface area (Å²) in [4.78, 5) is 18.8. The van der Waals surface area contributed by atoms with Gasteiger partial charge in [0.2, 0.25) is 0 Å². The summed E-state index contributed by atoms with van der Waals surface area (Å²) in [7, 11) is 1.76. The summed E-state index contributed by atoms with van der Waals surface area (Å²) < 4.78 is 0. The first-order valence-corrected chi connectivity index (χ1v) is 7.55. The van der Waals surface area contributed by atoms with E-state index in [1.807, 2.05) is 4.90 Å². The molecule has 0 bridgehead atoms. The average Bonchev–Trinajstić information content (AvgIpc) is 3.23. The Morgan fingerprint density at radius 3 is 2.75 bits per heavy atom. The number of hydrogen-bond acceptors (Lipinski definition) is 3. The molecule has 1 heterocycles. The monoisotopic (exact) mass is 295 g/mol. The summed E-state index contributed by atoms with van der Waals surface area (Å²) >= 11 is 6.11. The van der Waals surface area contributed by atoms with Gasteiger partial charge >= 0.3 is 0 Å². The Morgan fingerprint density at radius 2 is 2.25 bits per heavy atom. The van der Waals surface area contributed by atoms with Gasteiger partial charge in [-0.3, -0.25) is 4.79 Å². The Morgan fingerprint density at radius 1 is 1.55 bits per heavy atom. The van der Waals surface area contributed by atoms with Crippen LogP contribution in [0.25, 0.3) is 0 Å². The van der Waals surface area contributed by atoms with E-state index < -0.39 is 0 Å². The molecule has 0 atom stereocenters. The maximum Gasteiger partial charge on any atom is 0.255 e. The number of nitrogens with zero attached hydrogens (tertiary/aromatic N) is 2. The first-order valence-electron chi connectivity index (χ1n) is 7.17. The lowest BCUT2D eigenvalue weighted by molar-refractivity contribution is 0.0735. The molecule has 2 rings (SSSR count). The summed E-state index contributed by atoms with van der Waals surface area (Å²) in [6.07, 6.45) is 4.85. The Hall–Kier alpha value is -1.29. The largest absolute Gasteiger partial charge is 0.372 e. The van der Waals surface area contributed by atoms with Crippen LogP contribution in [0.2, 0.25) is 5.02 Å². The average molecular weight is 296 g/mol. The van der Waals surface area contributed by atoms with Gasteiger partial charge in [-0.05, 0) is 31.2 Å². The molecule has 1 fully saturated rings. The van der Waals surface area contributed by atoms with Gasteiger partial charge in [-0.25, -0.2) is 4.98 Å². The third kappa shape index (κ3) is 3.63. The molecule has 110 valence electrons. The van der Waals surface area contributed by atoms with Crippen molar-refractivity contribution in [3.8, 4) is 0 Å². The third-order valence-electron chi connectivity index (χ3n) is 3.52. The van der Waals surface area contributed by atoms with E-state index in [1.54, 1.807) is 19.3 Å². The molecule has 1 aliphatic rings. The molecule has 1 aromatic rings. The molecule has 0 unspecified atom stereocenters. The van der Waals surface area contributed by atoms with Crippen molar-refractivity contribution >= 4 is 23.3 Å². The molecule has 1 saturated carbocycles. The van der Waals surface area contributed by atoms with Gasteiger partial charge < -0.3 is 10.2 Å². The van der Waals surface area contributed by atoms with Crippen molar-refractivity contribution in [1.82, 2.24) is 9.88 Å². The number of aromatic nitrogens is 1. The van der Waals surface area contributed by atoms with Crippen molar-refractivity contribution in [2.75, 3.05) is 18.9 Å². The molecule has 4 nitrogen and oxygen atoms in total. The third-order valence-corrected chi connectivity index (χ3v) is 3.81. The summed E-state index contributed by atoms with van der Waals surface area (Å²) in [5.41, 5.74) is 0.574.